The molecule has 1 atom stereocenters. The molecule has 9 nitrogen and oxygen atoms in total. The number of piperidine rings is 2. The van der Waals surface area contributed by atoms with Crippen molar-refractivity contribution < 1.29 is 18.8 Å². The molecule has 4 heterocycles. The van der Waals surface area contributed by atoms with E-state index in [4.69, 9.17) is 0 Å². The molecule has 190 valence electrons. The minimum atomic E-state index is -0.701. The molecule has 1 unspecified atom stereocenters. The van der Waals surface area contributed by atoms with Crippen molar-refractivity contribution in [3.8, 4) is 5.69 Å². The number of hydrogen-bond donors (Lipinski definition) is 1. The number of para-hydroxylation sites is 1. The van der Waals surface area contributed by atoms with Crippen molar-refractivity contribution in [3.63, 3.8) is 0 Å². The number of nitrogens with zero attached hydrogens (tertiary/aromatic N) is 5. The zero-order chi connectivity index (χ0) is 25.5. The zero-order valence-electron chi connectivity index (χ0n) is 20.3. The van der Waals surface area contributed by atoms with E-state index in [1.165, 1.54) is 17.3 Å². The lowest BCUT2D eigenvalue weighted by atomic mass is 9.87. The third-order valence-electron chi connectivity index (χ3n) is 7.72. The first-order valence-corrected chi connectivity index (χ1v) is 12.6. The summed E-state index contributed by atoms with van der Waals surface area (Å²) >= 11 is 0. The number of halogens is 1. The van der Waals surface area contributed by atoms with E-state index in [1.54, 1.807) is 11.0 Å². The van der Waals surface area contributed by atoms with Gasteiger partial charge in [-0.3, -0.25) is 24.6 Å². The fourth-order valence-electron chi connectivity index (χ4n) is 5.76. The van der Waals surface area contributed by atoms with E-state index in [1.807, 2.05) is 24.3 Å². The Bertz CT molecular complexity index is 1370. The van der Waals surface area contributed by atoms with Crippen LogP contribution in [0.15, 0.2) is 49.1 Å². The summed E-state index contributed by atoms with van der Waals surface area (Å²) in [4.78, 5) is 44.7. The Kier molecular flexibility index (Phi) is 6.03. The largest absolute Gasteiger partial charge is 0.322 e. The molecule has 3 amide bonds. The van der Waals surface area contributed by atoms with Crippen LogP contribution in [0.3, 0.4) is 0 Å². The summed E-state index contributed by atoms with van der Waals surface area (Å²) in [5.74, 6) is -1.45. The molecule has 37 heavy (non-hydrogen) atoms. The third kappa shape index (κ3) is 4.42. The van der Waals surface area contributed by atoms with Crippen LogP contribution in [0.2, 0.25) is 0 Å². The topological polar surface area (TPSA) is 100 Å². The minimum absolute atomic E-state index is 0.0619. The first-order chi connectivity index (χ1) is 18.0. The van der Waals surface area contributed by atoms with E-state index < -0.39 is 11.9 Å². The van der Waals surface area contributed by atoms with Crippen LogP contribution in [-0.4, -0.2) is 61.4 Å². The molecule has 0 saturated carbocycles. The number of benzene rings is 2. The Balaban J connectivity index is 1.14. The Morgan fingerprint density at radius 3 is 2.62 bits per heavy atom. The predicted octanol–water partition coefficient (Wildman–Crippen LogP) is 2.55. The van der Waals surface area contributed by atoms with Crippen LogP contribution in [0.4, 0.5) is 4.39 Å². The van der Waals surface area contributed by atoms with Gasteiger partial charge in [-0.2, -0.15) is 5.10 Å². The smallest absolute Gasteiger partial charge is 0.255 e. The number of carbonyl (C=O) groups is 3. The normalized spacial score (nSPS) is 20.8. The standard InChI is InChI=1S/C27H27FN6O3/c28-22-12-21-19(14-33(27(21)37)24-5-6-25(35)31-26(24)36)11-20(22)17-7-9-32(10-8-17)13-18-3-1-2-4-23(18)34-16-29-15-30-34/h1-4,11-12,15-17,24H,5-10,13-14H2,(H,31,35,36). The summed E-state index contributed by atoms with van der Waals surface area (Å²) in [5, 5.41) is 6.56. The number of aromatic nitrogens is 3. The van der Waals surface area contributed by atoms with Crippen LogP contribution in [0.25, 0.3) is 5.69 Å². The number of rotatable bonds is 5. The summed E-state index contributed by atoms with van der Waals surface area (Å²) < 4.78 is 17.0. The zero-order valence-corrected chi connectivity index (χ0v) is 20.3. The van der Waals surface area contributed by atoms with Crippen molar-refractivity contribution in [2.45, 2.75) is 50.7 Å². The number of fused-ring (bicyclic) bond motifs is 1. The second-order valence-corrected chi connectivity index (χ2v) is 9.95. The van der Waals surface area contributed by atoms with Crippen LogP contribution in [0.1, 0.15) is 58.6 Å². The van der Waals surface area contributed by atoms with Gasteiger partial charge < -0.3 is 4.90 Å². The monoisotopic (exact) mass is 502 g/mol. The number of nitrogens with one attached hydrogen (secondary N) is 1. The average molecular weight is 503 g/mol. The lowest BCUT2D eigenvalue weighted by molar-refractivity contribution is -0.136. The summed E-state index contributed by atoms with van der Waals surface area (Å²) in [6.45, 7) is 2.68. The fourth-order valence-corrected chi connectivity index (χ4v) is 5.76. The van der Waals surface area contributed by atoms with Crippen LogP contribution in [0, 0.1) is 5.82 Å². The first kappa shape index (κ1) is 23.5. The van der Waals surface area contributed by atoms with Crippen LogP contribution in [-0.2, 0) is 22.7 Å². The van der Waals surface area contributed by atoms with Gasteiger partial charge in [-0.05, 0) is 67.1 Å². The highest BCUT2D eigenvalue weighted by Crippen LogP contribution is 2.36. The van der Waals surface area contributed by atoms with E-state index in [-0.39, 0.29) is 42.9 Å². The average Bonchev–Trinajstić information content (AvgIpc) is 3.53. The summed E-state index contributed by atoms with van der Waals surface area (Å²) in [5.41, 5.74) is 3.85. The molecule has 10 heteroatoms. The van der Waals surface area contributed by atoms with Gasteiger partial charge in [0.25, 0.3) is 5.91 Å². The number of hydrogen-bond acceptors (Lipinski definition) is 6. The van der Waals surface area contributed by atoms with Crippen molar-refractivity contribution in [3.05, 3.63) is 77.1 Å². The molecule has 6 rings (SSSR count). The summed E-state index contributed by atoms with van der Waals surface area (Å²) in [6.07, 6.45) is 5.31. The molecule has 2 saturated heterocycles. The lowest BCUT2D eigenvalue weighted by Gasteiger charge is -2.33. The van der Waals surface area contributed by atoms with Crippen molar-refractivity contribution in [1.82, 2.24) is 29.9 Å². The number of likely N-dealkylation sites (tertiary alicyclic amines) is 1. The molecule has 3 aromatic rings. The van der Waals surface area contributed by atoms with Gasteiger partial charge in [-0.15, -0.1) is 0 Å². The Labute approximate surface area is 213 Å². The molecule has 0 spiro atoms. The van der Waals surface area contributed by atoms with Gasteiger partial charge in [0.15, 0.2) is 0 Å². The Morgan fingerprint density at radius 1 is 1.05 bits per heavy atom. The maximum absolute atomic E-state index is 15.2. The predicted molar refractivity (Wildman–Crippen MR) is 131 cm³/mol. The second kappa shape index (κ2) is 9.51. The third-order valence-corrected chi connectivity index (χ3v) is 7.72. The van der Waals surface area contributed by atoms with Crippen LogP contribution in [0.5, 0.6) is 0 Å². The van der Waals surface area contributed by atoms with Crippen LogP contribution >= 0.6 is 0 Å². The molecule has 0 aliphatic carbocycles. The van der Waals surface area contributed by atoms with E-state index in [0.717, 1.165) is 49.3 Å². The van der Waals surface area contributed by atoms with E-state index in [0.29, 0.717) is 11.1 Å². The number of imide groups is 1. The molecule has 1 N–H and O–H groups in total. The van der Waals surface area contributed by atoms with E-state index in [2.05, 4.69) is 26.4 Å². The van der Waals surface area contributed by atoms with Gasteiger partial charge in [0.05, 0.1) is 5.69 Å². The van der Waals surface area contributed by atoms with Crippen molar-refractivity contribution in [2.75, 3.05) is 13.1 Å². The second-order valence-electron chi connectivity index (χ2n) is 9.95. The number of amides is 3. The quantitative estimate of drug-likeness (QED) is 0.539. The van der Waals surface area contributed by atoms with Gasteiger partial charge >= 0.3 is 0 Å². The maximum Gasteiger partial charge on any atom is 0.255 e. The Hall–Kier alpha value is -3.92. The van der Waals surface area contributed by atoms with Gasteiger partial charge in [0, 0.05) is 25.1 Å². The van der Waals surface area contributed by atoms with Gasteiger partial charge in [-0.1, -0.05) is 24.3 Å². The minimum Gasteiger partial charge on any atom is -0.322 e. The van der Waals surface area contributed by atoms with Crippen molar-refractivity contribution in [2.24, 2.45) is 0 Å². The van der Waals surface area contributed by atoms with Gasteiger partial charge in [0.1, 0.15) is 24.5 Å². The van der Waals surface area contributed by atoms with Crippen molar-refractivity contribution >= 4 is 17.7 Å². The molecule has 3 aliphatic heterocycles. The van der Waals surface area contributed by atoms with E-state index >= 15 is 4.39 Å². The molecular weight excluding hydrogens is 475 g/mol. The molecule has 2 aromatic carbocycles. The fraction of sp³-hybridized carbons (Fsp3) is 0.370. The maximum atomic E-state index is 15.2. The molecule has 2 fully saturated rings. The molecule has 1 aromatic heterocycles. The SMILES string of the molecule is O=C1CCC(N2Cc3cc(C4CCN(Cc5ccccc5-n5cncn5)CC4)c(F)cc3C2=O)C(=O)N1. The summed E-state index contributed by atoms with van der Waals surface area (Å²) in [6, 6.07) is 10.6. The molecule has 3 aliphatic rings. The highest BCUT2D eigenvalue weighted by Gasteiger charge is 2.40. The van der Waals surface area contributed by atoms with Gasteiger partial charge in [-0.25, -0.2) is 14.1 Å². The summed E-state index contributed by atoms with van der Waals surface area (Å²) in [7, 11) is 0. The molecule has 0 bridgehead atoms. The highest BCUT2D eigenvalue weighted by molar-refractivity contribution is 6.05. The molecular formula is C27H27FN6O3. The highest BCUT2D eigenvalue weighted by atomic mass is 19.1. The van der Waals surface area contributed by atoms with Crippen molar-refractivity contribution in [1.29, 1.82) is 0 Å². The van der Waals surface area contributed by atoms with Gasteiger partial charge in [0.2, 0.25) is 11.8 Å². The van der Waals surface area contributed by atoms with E-state index in [9.17, 15) is 14.4 Å². The lowest BCUT2D eigenvalue weighted by Crippen LogP contribution is -2.52. The Morgan fingerprint density at radius 2 is 1.86 bits per heavy atom. The molecule has 0 radical (unpaired) electrons. The van der Waals surface area contributed by atoms with Crippen LogP contribution < -0.4 is 5.32 Å². The number of carbonyl (C=O) groups excluding carboxylic acids is 3. The first-order valence-electron chi connectivity index (χ1n) is 12.6.